The second-order valence-corrected chi connectivity index (χ2v) is 6.13. The van der Waals surface area contributed by atoms with Crippen LogP contribution in [0.4, 0.5) is 11.6 Å². The van der Waals surface area contributed by atoms with Crippen LogP contribution in [-0.2, 0) is 6.42 Å². The molecule has 122 valence electrons. The van der Waals surface area contributed by atoms with Crippen molar-refractivity contribution in [1.29, 1.82) is 0 Å². The van der Waals surface area contributed by atoms with E-state index in [1.807, 2.05) is 44.2 Å². The van der Waals surface area contributed by atoms with Gasteiger partial charge in [0.25, 0.3) is 5.56 Å². The Bertz CT molecular complexity index is 919. The van der Waals surface area contributed by atoms with Crippen molar-refractivity contribution < 1.29 is 0 Å². The molecule has 0 saturated heterocycles. The number of H-pyrrole nitrogens is 1. The third kappa shape index (κ3) is 3.81. The lowest BCUT2D eigenvalue weighted by atomic mass is 10.1. The number of hydrogen-bond acceptors (Lipinski definition) is 4. The van der Waals surface area contributed by atoms with Gasteiger partial charge in [0, 0.05) is 17.1 Å². The minimum absolute atomic E-state index is 0.257. The van der Waals surface area contributed by atoms with Crippen molar-refractivity contribution in [3.8, 4) is 0 Å². The lowest BCUT2D eigenvalue weighted by molar-refractivity contribution is 0.873. The molecule has 0 atom stereocenters. The van der Waals surface area contributed by atoms with Crippen LogP contribution in [-0.4, -0.2) is 15.2 Å². The van der Waals surface area contributed by atoms with E-state index in [-0.39, 0.29) is 11.5 Å². The molecule has 0 radical (unpaired) electrons. The van der Waals surface area contributed by atoms with Crippen molar-refractivity contribution in [3.05, 3.63) is 80.2 Å². The van der Waals surface area contributed by atoms with E-state index in [0.29, 0.717) is 17.1 Å². The molecule has 24 heavy (non-hydrogen) atoms. The molecule has 3 rings (SSSR count). The molecule has 0 aliphatic heterocycles. The summed E-state index contributed by atoms with van der Waals surface area (Å²) < 4.78 is 0. The maximum absolute atomic E-state index is 12.2. The van der Waals surface area contributed by atoms with E-state index in [1.165, 1.54) is 5.56 Å². The van der Waals surface area contributed by atoms with Crippen LogP contribution in [0.1, 0.15) is 22.4 Å². The Morgan fingerprint density at radius 2 is 1.83 bits per heavy atom. The van der Waals surface area contributed by atoms with E-state index >= 15 is 0 Å². The SMILES string of the molecule is Cc1ccc(Cc2nnc(Nc3cc(Cl)ccc3C)[nH]c2=O)cc1. The number of aryl methyl sites for hydroxylation is 2. The fourth-order valence-electron chi connectivity index (χ4n) is 2.29. The maximum Gasteiger partial charge on any atom is 0.274 e. The minimum atomic E-state index is -0.257. The number of nitrogens with one attached hydrogen (secondary N) is 2. The van der Waals surface area contributed by atoms with Gasteiger partial charge in [-0.05, 0) is 37.1 Å². The summed E-state index contributed by atoms with van der Waals surface area (Å²) in [5, 5.41) is 11.8. The third-order valence-corrected chi connectivity index (χ3v) is 3.94. The molecule has 6 heteroatoms. The zero-order valence-electron chi connectivity index (χ0n) is 13.4. The van der Waals surface area contributed by atoms with Crippen molar-refractivity contribution in [2.24, 2.45) is 0 Å². The smallest absolute Gasteiger partial charge is 0.274 e. The molecule has 0 spiro atoms. The van der Waals surface area contributed by atoms with E-state index < -0.39 is 0 Å². The highest BCUT2D eigenvalue weighted by molar-refractivity contribution is 6.30. The van der Waals surface area contributed by atoms with Crippen LogP contribution >= 0.6 is 11.6 Å². The summed E-state index contributed by atoms with van der Waals surface area (Å²) in [6.07, 6.45) is 0.444. The van der Waals surface area contributed by atoms with Crippen LogP contribution in [0, 0.1) is 13.8 Å². The molecule has 1 heterocycles. The van der Waals surface area contributed by atoms with Crippen molar-refractivity contribution >= 4 is 23.2 Å². The zero-order valence-corrected chi connectivity index (χ0v) is 14.2. The average molecular weight is 341 g/mol. The van der Waals surface area contributed by atoms with Gasteiger partial charge in [0.15, 0.2) is 0 Å². The highest BCUT2D eigenvalue weighted by Gasteiger charge is 2.07. The minimum Gasteiger partial charge on any atom is -0.324 e. The summed E-state index contributed by atoms with van der Waals surface area (Å²) in [7, 11) is 0. The number of hydrogen-bond donors (Lipinski definition) is 2. The number of aromatic nitrogens is 3. The molecule has 0 unspecified atom stereocenters. The normalized spacial score (nSPS) is 10.6. The average Bonchev–Trinajstić information content (AvgIpc) is 2.55. The molecule has 0 saturated carbocycles. The fraction of sp³-hybridized carbons (Fsp3) is 0.167. The van der Waals surface area contributed by atoms with Gasteiger partial charge in [-0.25, -0.2) is 0 Å². The van der Waals surface area contributed by atoms with E-state index in [2.05, 4.69) is 20.5 Å². The Balaban J connectivity index is 1.80. The highest BCUT2D eigenvalue weighted by Crippen LogP contribution is 2.22. The first-order valence-corrected chi connectivity index (χ1v) is 7.93. The topological polar surface area (TPSA) is 70.7 Å². The lowest BCUT2D eigenvalue weighted by Gasteiger charge is -2.09. The van der Waals surface area contributed by atoms with Gasteiger partial charge in [0.2, 0.25) is 5.95 Å². The van der Waals surface area contributed by atoms with E-state index in [4.69, 9.17) is 11.6 Å². The monoisotopic (exact) mass is 340 g/mol. The Kier molecular flexibility index (Phi) is 4.62. The number of halogens is 1. The second kappa shape index (κ2) is 6.84. The summed E-state index contributed by atoms with van der Waals surface area (Å²) in [4.78, 5) is 14.9. The molecule has 0 aliphatic carbocycles. The van der Waals surface area contributed by atoms with Gasteiger partial charge in [-0.1, -0.05) is 47.5 Å². The summed E-state index contributed by atoms with van der Waals surface area (Å²) in [6, 6.07) is 13.5. The van der Waals surface area contributed by atoms with Gasteiger partial charge in [-0.15, -0.1) is 10.2 Å². The predicted molar refractivity (Wildman–Crippen MR) is 96.1 cm³/mol. The number of rotatable bonds is 4. The molecule has 2 aromatic carbocycles. The van der Waals surface area contributed by atoms with Crippen molar-refractivity contribution in [3.63, 3.8) is 0 Å². The first-order chi connectivity index (χ1) is 11.5. The number of aromatic amines is 1. The molecule has 2 N–H and O–H groups in total. The van der Waals surface area contributed by atoms with Gasteiger partial charge in [0.05, 0.1) is 0 Å². The maximum atomic E-state index is 12.2. The molecular weight excluding hydrogens is 324 g/mol. The van der Waals surface area contributed by atoms with Crippen molar-refractivity contribution in [2.45, 2.75) is 20.3 Å². The summed E-state index contributed by atoms with van der Waals surface area (Å²) in [6.45, 7) is 3.96. The number of anilines is 2. The third-order valence-electron chi connectivity index (χ3n) is 3.71. The summed E-state index contributed by atoms with van der Waals surface area (Å²) in [5.74, 6) is 0.290. The van der Waals surface area contributed by atoms with Gasteiger partial charge < -0.3 is 5.32 Å². The van der Waals surface area contributed by atoms with Gasteiger partial charge in [-0.2, -0.15) is 0 Å². The molecule has 5 nitrogen and oxygen atoms in total. The number of nitrogens with zero attached hydrogens (tertiary/aromatic N) is 2. The second-order valence-electron chi connectivity index (χ2n) is 5.70. The lowest BCUT2D eigenvalue weighted by Crippen LogP contribution is -2.19. The zero-order chi connectivity index (χ0) is 17.1. The molecule has 0 aliphatic rings. The van der Waals surface area contributed by atoms with E-state index in [9.17, 15) is 4.79 Å². The van der Waals surface area contributed by atoms with Crippen LogP contribution in [0.5, 0.6) is 0 Å². The van der Waals surface area contributed by atoms with Gasteiger partial charge in [0.1, 0.15) is 5.69 Å². The summed E-state index contributed by atoms with van der Waals surface area (Å²) in [5.41, 5.74) is 4.09. The number of benzene rings is 2. The molecular formula is C18H17ClN4O. The van der Waals surface area contributed by atoms with Crippen LogP contribution in [0.3, 0.4) is 0 Å². The van der Waals surface area contributed by atoms with Crippen LogP contribution in [0.25, 0.3) is 0 Å². The van der Waals surface area contributed by atoms with Gasteiger partial charge in [-0.3, -0.25) is 9.78 Å². The fourth-order valence-corrected chi connectivity index (χ4v) is 2.46. The Hall–Kier alpha value is -2.66. The standard InChI is InChI=1S/C18H17ClN4O/c1-11-3-6-13(7-4-11)9-16-17(24)21-18(23-22-16)20-15-10-14(19)8-5-12(15)2/h3-8,10H,9H2,1-2H3,(H2,20,21,23,24). The van der Waals surface area contributed by atoms with E-state index in [0.717, 1.165) is 16.8 Å². The molecule has 0 bridgehead atoms. The van der Waals surface area contributed by atoms with Crippen LogP contribution in [0.15, 0.2) is 47.3 Å². The van der Waals surface area contributed by atoms with E-state index in [1.54, 1.807) is 12.1 Å². The predicted octanol–water partition coefficient (Wildman–Crippen LogP) is 3.77. The van der Waals surface area contributed by atoms with Gasteiger partial charge >= 0.3 is 0 Å². The Morgan fingerprint density at radius 3 is 2.54 bits per heavy atom. The summed E-state index contributed by atoms with van der Waals surface area (Å²) >= 11 is 5.99. The van der Waals surface area contributed by atoms with Crippen molar-refractivity contribution in [1.82, 2.24) is 15.2 Å². The molecule has 0 fully saturated rings. The van der Waals surface area contributed by atoms with Crippen LogP contribution < -0.4 is 10.9 Å². The van der Waals surface area contributed by atoms with Crippen LogP contribution in [0.2, 0.25) is 5.02 Å². The molecule has 3 aromatic rings. The molecule has 1 aromatic heterocycles. The van der Waals surface area contributed by atoms with Crippen molar-refractivity contribution in [2.75, 3.05) is 5.32 Å². The first kappa shape index (κ1) is 16.2. The Labute approximate surface area is 144 Å². The molecule has 0 amide bonds. The first-order valence-electron chi connectivity index (χ1n) is 7.56. The quantitative estimate of drug-likeness (QED) is 0.758. The largest absolute Gasteiger partial charge is 0.324 e. The Morgan fingerprint density at radius 1 is 1.08 bits per heavy atom. The highest BCUT2D eigenvalue weighted by atomic mass is 35.5.